The van der Waals surface area contributed by atoms with Crippen molar-refractivity contribution in [2.75, 3.05) is 40.1 Å². The van der Waals surface area contributed by atoms with Gasteiger partial charge in [-0.3, -0.25) is 0 Å². The van der Waals surface area contributed by atoms with Crippen LogP contribution in [0.4, 0.5) is 0 Å². The molecule has 0 aromatic carbocycles. The van der Waals surface area contributed by atoms with Gasteiger partial charge in [-0.25, -0.2) is 0 Å². The SMILES string of the molecule is COCCOCCOCC(O)O. The van der Waals surface area contributed by atoms with Gasteiger partial charge in [-0.05, 0) is 0 Å². The highest BCUT2D eigenvalue weighted by molar-refractivity contribution is 4.34. The lowest BCUT2D eigenvalue weighted by molar-refractivity contribution is -0.101. The van der Waals surface area contributed by atoms with Crippen molar-refractivity contribution in [1.82, 2.24) is 0 Å². The Morgan fingerprint density at radius 1 is 1.00 bits per heavy atom. The molecule has 0 aliphatic carbocycles. The van der Waals surface area contributed by atoms with Crippen molar-refractivity contribution in [1.29, 1.82) is 0 Å². The fourth-order valence-corrected chi connectivity index (χ4v) is 0.551. The second-order valence-corrected chi connectivity index (χ2v) is 2.16. The van der Waals surface area contributed by atoms with Crippen molar-refractivity contribution >= 4 is 0 Å². The fraction of sp³-hybridized carbons (Fsp3) is 1.00. The van der Waals surface area contributed by atoms with Crippen LogP contribution in [-0.2, 0) is 14.2 Å². The predicted molar refractivity (Wildman–Crippen MR) is 41.7 cm³/mol. The summed E-state index contributed by atoms with van der Waals surface area (Å²) in [6.45, 7) is 1.81. The lowest BCUT2D eigenvalue weighted by Gasteiger charge is -2.05. The first-order chi connectivity index (χ1) is 5.77. The average Bonchev–Trinajstić information content (AvgIpc) is 2.02. The smallest absolute Gasteiger partial charge is 0.175 e. The summed E-state index contributed by atoms with van der Waals surface area (Å²) in [5, 5.41) is 16.7. The third-order valence-corrected chi connectivity index (χ3v) is 1.07. The first-order valence-corrected chi connectivity index (χ1v) is 3.78. The molecule has 2 N–H and O–H groups in total. The van der Waals surface area contributed by atoms with E-state index in [1.54, 1.807) is 7.11 Å². The molecule has 0 aliphatic rings. The van der Waals surface area contributed by atoms with Crippen LogP contribution in [0.2, 0.25) is 0 Å². The Balaban J connectivity index is 2.82. The van der Waals surface area contributed by atoms with E-state index in [0.717, 1.165) is 0 Å². The summed E-state index contributed by atoms with van der Waals surface area (Å²) in [6, 6.07) is 0. The molecule has 0 aromatic heterocycles. The van der Waals surface area contributed by atoms with Crippen LogP contribution in [0.5, 0.6) is 0 Å². The second-order valence-electron chi connectivity index (χ2n) is 2.16. The van der Waals surface area contributed by atoms with Gasteiger partial charge in [0.05, 0.1) is 33.0 Å². The maximum Gasteiger partial charge on any atom is 0.175 e. The fourth-order valence-electron chi connectivity index (χ4n) is 0.551. The van der Waals surface area contributed by atoms with Crippen molar-refractivity contribution in [2.24, 2.45) is 0 Å². The highest BCUT2D eigenvalue weighted by atomic mass is 16.6. The van der Waals surface area contributed by atoms with E-state index >= 15 is 0 Å². The Labute approximate surface area is 71.9 Å². The van der Waals surface area contributed by atoms with Gasteiger partial charge in [-0.15, -0.1) is 0 Å². The summed E-state index contributed by atoms with van der Waals surface area (Å²) in [4.78, 5) is 0. The number of hydrogen-bond donors (Lipinski definition) is 2. The van der Waals surface area contributed by atoms with Crippen LogP contribution < -0.4 is 0 Å². The highest BCUT2D eigenvalue weighted by Gasteiger charge is 1.95. The van der Waals surface area contributed by atoms with Gasteiger partial charge in [0.2, 0.25) is 0 Å². The second kappa shape index (κ2) is 8.89. The van der Waals surface area contributed by atoms with E-state index in [0.29, 0.717) is 26.4 Å². The van der Waals surface area contributed by atoms with Crippen LogP contribution in [0, 0.1) is 0 Å². The number of methoxy groups -OCH3 is 1. The molecule has 0 bridgehead atoms. The quantitative estimate of drug-likeness (QED) is 0.369. The molecule has 0 radical (unpaired) electrons. The molecule has 0 saturated heterocycles. The summed E-state index contributed by atoms with van der Waals surface area (Å²) >= 11 is 0. The van der Waals surface area contributed by atoms with Crippen molar-refractivity contribution < 1.29 is 24.4 Å². The summed E-state index contributed by atoms with van der Waals surface area (Å²) in [5.41, 5.74) is 0. The molecule has 0 aromatic rings. The monoisotopic (exact) mass is 180 g/mol. The molecular weight excluding hydrogens is 164 g/mol. The minimum absolute atomic E-state index is 0.0758. The average molecular weight is 180 g/mol. The third kappa shape index (κ3) is 9.80. The Bertz CT molecular complexity index is 85.9. The zero-order chi connectivity index (χ0) is 9.23. The van der Waals surface area contributed by atoms with Crippen LogP contribution in [0.1, 0.15) is 0 Å². The van der Waals surface area contributed by atoms with Crippen molar-refractivity contribution in [3.63, 3.8) is 0 Å². The molecule has 0 amide bonds. The van der Waals surface area contributed by atoms with E-state index in [-0.39, 0.29) is 6.61 Å². The first-order valence-electron chi connectivity index (χ1n) is 3.78. The topological polar surface area (TPSA) is 68.2 Å². The molecule has 5 heteroatoms. The van der Waals surface area contributed by atoms with E-state index in [4.69, 9.17) is 24.4 Å². The Morgan fingerprint density at radius 3 is 2.17 bits per heavy atom. The molecule has 0 spiro atoms. The molecule has 0 aliphatic heterocycles. The summed E-state index contributed by atoms with van der Waals surface area (Å²) < 4.78 is 14.6. The van der Waals surface area contributed by atoms with Gasteiger partial charge in [0, 0.05) is 7.11 Å². The molecule has 0 rings (SSSR count). The van der Waals surface area contributed by atoms with Crippen LogP contribution in [0.15, 0.2) is 0 Å². The van der Waals surface area contributed by atoms with Gasteiger partial charge in [-0.2, -0.15) is 0 Å². The Morgan fingerprint density at radius 2 is 1.58 bits per heavy atom. The van der Waals surface area contributed by atoms with Gasteiger partial charge in [0.25, 0.3) is 0 Å². The number of aliphatic hydroxyl groups excluding tert-OH is 1. The van der Waals surface area contributed by atoms with Crippen molar-refractivity contribution in [2.45, 2.75) is 6.29 Å². The van der Waals surface area contributed by atoms with E-state index in [2.05, 4.69) is 0 Å². The lowest BCUT2D eigenvalue weighted by atomic mass is 10.7. The molecule has 0 unspecified atom stereocenters. The van der Waals surface area contributed by atoms with Gasteiger partial charge in [0.1, 0.15) is 0 Å². The van der Waals surface area contributed by atoms with Gasteiger partial charge in [0.15, 0.2) is 6.29 Å². The Hall–Kier alpha value is -0.200. The number of rotatable bonds is 8. The van der Waals surface area contributed by atoms with Crippen LogP contribution in [0.3, 0.4) is 0 Å². The molecule has 0 fully saturated rings. The summed E-state index contributed by atoms with van der Waals surface area (Å²) in [6.07, 6.45) is -1.40. The molecule has 74 valence electrons. The Kier molecular flexibility index (Phi) is 8.74. The minimum atomic E-state index is -1.40. The van der Waals surface area contributed by atoms with Crippen LogP contribution in [-0.4, -0.2) is 56.6 Å². The molecular formula is C7H16O5. The summed E-state index contributed by atoms with van der Waals surface area (Å²) in [5.74, 6) is 0. The first kappa shape index (κ1) is 11.8. The van der Waals surface area contributed by atoms with Gasteiger partial charge < -0.3 is 24.4 Å². The van der Waals surface area contributed by atoms with E-state index in [1.807, 2.05) is 0 Å². The zero-order valence-corrected chi connectivity index (χ0v) is 7.23. The minimum Gasteiger partial charge on any atom is -0.382 e. The molecule has 12 heavy (non-hydrogen) atoms. The predicted octanol–water partition coefficient (Wildman–Crippen LogP) is -1.02. The molecule has 0 saturated carbocycles. The van der Waals surface area contributed by atoms with Gasteiger partial charge in [-0.1, -0.05) is 0 Å². The molecule has 0 atom stereocenters. The largest absolute Gasteiger partial charge is 0.382 e. The normalized spacial score (nSPS) is 11.0. The molecule has 0 heterocycles. The maximum atomic E-state index is 8.36. The van der Waals surface area contributed by atoms with Gasteiger partial charge >= 0.3 is 0 Å². The van der Waals surface area contributed by atoms with E-state index in [1.165, 1.54) is 0 Å². The van der Waals surface area contributed by atoms with Crippen LogP contribution in [0.25, 0.3) is 0 Å². The van der Waals surface area contributed by atoms with Crippen molar-refractivity contribution in [3.8, 4) is 0 Å². The number of aliphatic hydroxyl groups is 2. The number of hydrogen-bond acceptors (Lipinski definition) is 5. The lowest BCUT2D eigenvalue weighted by Crippen LogP contribution is -2.16. The standard InChI is InChI=1S/C7H16O5/c1-10-2-3-11-4-5-12-6-7(8)9/h7-9H,2-6H2,1H3. The third-order valence-electron chi connectivity index (χ3n) is 1.07. The maximum absolute atomic E-state index is 8.36. The molecule has 5 nitrogen and oxygen atoms in total. The highest BCUT2D eigenvalue weighted by Crippen LogP contribution is 1.81. The van der Waals surface area contributed by atoms with Crippen LogP contribution >= 0.6 is 0 Å². The van der Waals surface area contributed by atoms with E-state index in [9.17, 15) is 0 Å². The van der Waals surface area contributed by atoms with E-state index < -0.39 is 6.29 Å². The van der Waals surface area contributed by atoms with Crippen molar-refractivity contribution in [3.05, 3.63) is 0 Å². The number of ether oxygens (including phenoxy) is 3. The summed E-state index contributed by atoms with van der Waals surface area (Å²) in [7, 11) is 1.60. The zero-order valence-electron chi connectivity index (χ0n) is 7.23.